The number of amides is 2. The van der Waals surface area contributed by atoms with Crippen LogP contribution in [0.2, 0.25) is 5.04 Å². The van der Waals surface area contributed by atoms with Gasteiger partial charge in [0.15, 0.2) is 6.10 Å². The van der Waals surface area contributed by atoms with Crippen LogP contribution in [0.1, 0.15) is 66.5 Å². The number of halogens is 2. The maximum Gasteiger partial charge on any atom is 0.410 e. The molecule has 47 heavy (non-hydrogen) atoms. The molecule has 0 aliphatic carbocycles. The first-order chi connectivity index (χ1) is 21.9. The Balaban J connectivity index is 1.63. The number of nitrogens with zero attached hydrogens (tertiary/aromatic N) is 1. The lowest BCUT2D eigenvalue weighted by Gasteiger charge is -2.46. The van der Waals surface area contributed by atoms with E-state index in [9.17, 15) is 14.0 Å². The molecule has 3 aromatic carbocycles. The second-order valence-electron chi connectivity index (χ2n) is 14.7. The number of hydrogen-bond acceptors (Lipinski definition) is 5. The van der Waals surface area contributed by atoms with E-state index >= 15 is 4.39 Å². The first-order valence-electron chi connectivity index (χ1n) is 16.0. The average molecular weight is 667 g/mol. The number of carbonyl (C=O) groups is 2. The summed E-state index contributed by atoms with van der Waals surface area (Å²) in [6.45, 7) is 16.6. The number of morpholine rings is 1. The van der Waals surface area contributed by atoms with Crippen molar-refractivity contribution in [1.29, 1.82) is 0 Å². The fourth-order valence-electron chi connectivity index (χ4n) is 6.12. The van der Waals surface area contributed by atoms with Gasteiger partial charge in [0.1, 0.15) is 17.2 Å². The largest absolute Gasteiger partial charge is 0.444 e. The smallest absolute Gasteiger partial charge is 0.410 e. The van der Waals surface area contributed by atoms with Crippen molar-refractivity contribution in [3.05, 3.63) is 95.6 Å². The van der Waals surface area contributed by atoms with Gasteiger partial charge < -0.3 is 19.2 Å². The molecule has 1 aliphatic heterocycles. The zero-order chi connectivity index (χ0) is 34.8. The van der Waals surface area contributed by atoms with E-state index in [4.69, 9.17) is 13.9 Å². The maximum atomic E-state index is 15.0. The summed E-state index contributed by atoms with van der Waals surface area (Å²) in [5.74, 6) is -1.92. The number of nitrogens with one attached hydrogen (secondary N) is 1. The molecule has 4 rings (SSSR count). The quantitative estimate of drug-likeness (QED) is 0.290. The van der Waals surface area contributed by atoms with Crippen LogP contribution < -0.4 is 15.7 Å². The van der Waals surface area contributed by atoms with Gasteiger partial charge in [-0.2, -0.15) is 0 Å². The fourth-order valence-corrected chi connectivity index (χ4v) is 10.7. The van der Waals surface area contributed by atoms with E-state index in [0.29, 0.717) is 0 Å². The van der Waals surface area contributed by atoms with Crippen molar-refractivity contribution in [2.24, 2.45) is 0 Å². The molecule has 1 N–H and O–H groups in total. The third-order valence-corrected chi connectivity index (χ3v) is 13.6. The predicted molar refractivity (Wildman–Crippen MR) is 182 cm³/mol. The van der Waals surface area contributed by atoms with Crippen molar-refractivity contribution in [1.82, 2.24) is 10.2 Å². The van der Waals surface area contributed by atoms with E-state index in [1.165, 1.54) is 24.0 Å². The molecular weight excluding hydrogens is 618 g/mol. The highest BCUT2D eigenvalue weighted by molar-refractivity contribution is 6.99. The predicted octanol–water partition coefficient (Wildman–Crippen LogP) is 6.21. The second kappa shape index (κ2) is 13.9. The van der Waals surface area contributed by atoms with Gasteiger partial charge in [-0.05, 0) is 63.0 Å². The third-order valence-electron chi connectivity index (χ3n) is 8.55. The summed E-state index contributed by atoms with van der Waals surface area (Å²) in [5, 5.41) is 4.75. The molecule has 1 aliphatic rings. The molecule has 1 fully saturated rings. The van der Waals surface area contributed by atoms with Crippen LogP contribution >= 0.6 is 0 Å². The van der Waals surface area contributed by atoms with Crippen LogP contribution in [0.3, 0.4) is 0 Å². The highest BCUT2D eigenvalue weighted by Gasteiger charge is 2.51. The van der Waals surface area contributed by atoms with Crippen LogP contribution in [0, 0.1) is 18.6 Å². The minimum atomic E-state index is -2.94. The Kier molecular flexibility index (Phi) is 10.7. The Morgan fingerprint density at radius 2 is 1.45 bits per heavy atom. The lowest BCUT2D eigenvalue weighted by Crippen LogP contribution is -2.68. The normalized spacial score (nSPS) is 17.7. The zero-order valence-electron chi connectivity index (χ0n) is 28.9. The van der Waals surface area contributed by atoms with Crippen LogP contribution in [0.15, 0.2) is 72.8 Å². The van der Waals surface area contributed by atoms with E-state index in [1.54, 1.807) is 34.6 Å². The van der Waals surface area contributed by atoms with Crippen LogP contribution in [-0.4, -0.2) is 62.7 Å². The number of ether oxygens (including phenoxy) is 2. The van der Waals surface area contributed by atoms with Crippen molar-refractivity contribution in [2.45, 2.75) is 90.6 Å². The first kappa shape index (κ1) is 36.2. The Labute approximate surface area is 278 Å². The molecule has 0 radical (unpaired) electrons. The van der Waals surface area contributed by atoms with Crippen LogP contribution in [0.5, 0.6) is 0 Å². The van der Waals surface area contributed by atoms with Gasteiger partial charge >= 0.3 is 6.09 Å². The van der Waals surface area contributed by atoms with Crippen molar-refractivity contribution in [3.8, 4) is 0 Å². The van der Waals surface area contributed by atoms with Gasteiger partial charge in [-0.1, -0.05) is 87.5 Å². The summed E-state index contributed by atoms with van der Waals surface area (Å²) in [7, 11) is -2.94. The van der Waals surface area contributed by atoms with Crippen molar-refractivity contribution in [2.75, 3.05) is 19.8 Å². The summed E-state index contributed by atoms with van der Waals surface area (Å²) < 4.78 is 48.0. The molecule has 0 unspecified atom stereocenters. The van der Waals surface area contributed by atoms with Gasteiger partial charge in [-0.15, -0.1) is 0 Å². The first-order valence-corrected chi connectivity index (χ1v) is 17.9. The summed E-state index contributed by atoms with van der Waals surface area (Å²) in [5.41, 5.74) is -1.96. The molecule has 0 spiro atoms. The molecule has 2 amide bonds. The molecule has 1 heterocycles. The number of hydrogen-bond donors (Lipinski definition) is 1. The number of benzene rings is 3. The molecule has 10 heteroatoms. The number of carbonyl (C=O) groups excluding carboxylic acids is 2. The molecule has 0 bridgehead atoms. The molecule has 0 aromatic heterocycles. The van der Waals surface area contributed by atoms with Crippen LogP contribution in [0.4, 0.5) is 13.6 Å². The minimum Gasteiger partial charge on any atom is -0.444 e. The topological polar surface area (TPSA) is 77.1 Å². The van der Waals surface area contributed by atoms with Crippen molar-refractivity contribution < 1.29 is 32.3 Å². The molecule has 3 aromatic rings. The van der Waals surface area contributed by atoms with Gasteiger partial charge in [-0.3, -0.25) is 9.69 Å². The van der Waals surface area contributed by atoms with Gasteiger partial charge in [0, 0.05) is 11.1 Å². The summed E-state index contributed by atoms with van der Waals surface area (Å²) >= 11 is 0. The lowest BCUT2D eigenvalue weighted by molar-refractivity contribution is -0.144. The van der Waals surface area contributed by atoms with E-state index in [2.05, 4.69) is 50.4 Å². The minimum absolute atomic E-state index is 0.0139. The SMILES string of the molecule is Cc1c(F)ccc(C(C)(C)NC(=O)[C@@H]2CN(C(=O)OC(C)(C)C)[C@H](CO[Si](c3ccccc3)(c3ccccc3)C(C)(C)C)CO2)c1F. The van der Waals surface area contributed by atoms with E-state index in [0.717, 1.165) is 10.4 Å². The van der Waals surface area contributed by atoms with E-state index in [1.807, 2.05) is 36.4 Å². The van der Waals surface area contributed by atoms with Gasteiger partial charge in [0.05, 0.1) is 31.3 Å². The van der Waals surface area contributed by atoms with Gasteiger partial charge in [-0.25, -0.2) is 13.6 Å². The van der Waals surface area contributed by atoms with Gasteiger partial charge in [0.25, 0.3) is 14.2 Å². The monoisotopic (exact) mass is 666 g/mol. The standard InChI is InChI=1S/C37H48F2N2O5Si/c1-25-30(38)21-20-29(32(25)39)37(8,9)40-33(42)31-22-41(34(43)46-35(2,3)4)26(23-44-31)24-45-47(36(5,6)7,27-16-12-10-13-17-27)28-18-14-11-15-19-28/h10-21,26,31H,22-24H2,1-9H3,(H,40,42)/t26-,31-/m0/s1. The third kappa shape index (κ3) is 7.93. The van der Waals surface area contributed by atoms with Crippen LogP contribution in [0.25, 0.3) is 0 Å². The summed E-state index contributed by atoms with van der Waals surface area (Å²) in [4.78, 5) is 28.8. The number of rotatable bonds is 8. The second-order valence-corrected chi connectivity index (χ2v) is 19.0. The van der Waals surface area contributed by atoms with Crippen LogP contribution in [-0.2, 0) is 24.2 Å². The highest BCUT2D eigenvalue weighted by atomic mass is 28.4. The van der Waals surface area contributed by atoms with E-state index < -0.39 is 55.2 Å². The molecule has 1 saturated heterocycles. The summed E-state index contributed by atoms with van der Waals surface area (Å²) in [6, 6.07) is 22.3. The Hall–Kier alpha value is -3.60. The lowest BCUT2D eigenvalue weighted by atomic mass is 9.91. The molecular formula is C37H48F2N2O5Si. The average Bonchev–Trinajstić information content (AvgIpc) is 2.99. The van der Waals surface area contributed by atoms with Crippen molar-refractivity contribution >= 4 is 30.7 Å². The van der Waals surface area contributed by atoms with Crippen molar-refractivity contribution in [3.63, 3.8) is 0 Å². The molecule has 7 nitrogen and oxygen atoms in total. The Morgan fingerprint density at radius 1 is 0.894 bits per heavy atom. The van der Waals surface area contributed by atoms with Gasteiger partial charge in [0.2, 0.25) is 0 Å². The maximum absolute atomic E-state index is 15.0. The fraction of sp³-hybridized carbons (Fsp3) is 0.459. The zero-order valence-corrected chi connectivity index (χ0v) is 29.9. The Morgan fingerprint density at radius 3 is 1.96 bits per heavy atom. The molecule has 2 atom stereocenters. The molecule has 0 saturated carbocycles. The Bertz CT molecular complexity index is 1520. The molecule has 254 valence electrons. The van der Waals surface area contributed by atoms with E-state index in [-0.39, 0.29) is 35.9 Å². The summed E-state index contributed by atoms with van der Waals surface area (Å²) in [6.07, 6.45) is -1.65. The highest BCUT2D eigenvalue weighted by Crippen LogP contribution is 2.37.